The van der Waals surface area contributed by atoms with Gasteiger partial charge in [-0.15, -0.1) is 8.78 Å². The highest BCUT2D eigenvalue weighted by molar-refractivity contribution is 14.2. The van der Waals surface area contributed by atoms with Gasteiger partial charge in [-0.25, -0.2) is 0 Å². The molecule has 1 rings (SSSR count). The van der Waals surface area contributed by atoms with E-state index in [1.807, 2.05) is 21.2 Å². The summed E-state index contributed by atoms with van der Waals surface area (Å²) in [6.07, 6.45) is -3.46. The Kier molecular flexibility index (Phi) is 2.28. The molecule has 0 aliphatic carbocycles. The van der Waals surface area contributed by atoms with E-state index >= 15 is 0 Å². The minimum atomic E-state index is -3.46. The van der Waals surface area contributed by atoms with E-state index in [1.165, 1.54) is 6.92 Å². The van der Waals surface area contributed by atoms with Crippen LogP contribution in [0.4, 0.5) is 8.78 Å². The van der Waals surface area contributed by atoms with E-state index in [9.17, 15) is 8.78 Å². The van der Waals surface area contributed by atoms with Gasteiger partial charge in [-0.05, 0) is 15.9 Å². The molecule has 0 amide bonds. The van der Waals surface area contributed by atoms with Gasteiger partial charge in [0.15, 0.2) is 5.76 Å². The summed E-state index contributed by atoms with van der Waals surface area (Å²) in [5.41, 5.74) is 0. The summed E-state index contributed by atoms with van der Waals surface area (Å²) in [4.78, 5) is 0. The first-order valence-corrected chi connectivity index (χ1v) is 5.66. The van der Waals surface area contributed by atoms with Gasteiger partial charge in [-0.3, -0.25) is 0 Å². The molecule has 10 heavy (non-hydrogen) atoms. The Morgan fingerprint density at radius 2 is 2.10 bits per heavy atom. The molecule has 0 N–H and O–H groups in total. The maximum absolute atomic E-state index is 12.1. The van der Waals surface area contributed by atoms with Crippen molar-refractivity contribution in [2.45, 2.75) is 13.2 Å². The lowest BCUT2D eigenvalue weighted by Gasteiger charge is -2.06. The maximum atomic E-state index is 12.1. The first-order valence-electron chi connectivity index (χ1n) is 2.30. The fraction of sp³-hybridized carbons (Fsp3) is 0.500. The van der Waals surface area contributed by atoms with Gasteiger partial charge in [-0.2, -0.15) is 0 Å². The van der Waals surface area contributed by atoms with Crippen molar-refractivity contribution in [2.24, 2.45) is 0 Å². The summed E-state index contributed by atoms with van der Waals surface area (Å²) >= 11 is 1.84. The van der Waals surface area contributed by atoms with Crippen molar-refractivity contribution in [3.05, 3.63) is 10.9 Å². The molecule has 0 atom stereocenters. The van der Waals surface area contributed by atoms with Crippen LogP contribution in [0.2, 0.25) is 0 Å². The van der Waals surface area contributed by atoms with Crippen molar-refractivity contribution in [3.8, 4) is 0 Å². The van der Waals surface area contributed by atoms with Crippen LogP contribution < -0.4 is 0 Å². The first-order chi connectivity index (χ1) is 4.55. The second-order valence-corrected chi connectivity index (χ2v) is 3.43. The minimum absolute atomic E-state index is 0.129. The van der Waals surface area contributed by atoms with E-state index in [-0.39, 0.29) is 10.9 Å². The standard InChI is InChI=1S/C4H3F2IO2S/c1-2-3(10-7)9-4(5,6)8-2/h1H3. The lowest BCUT2D eigenvalue weighted by Crippen LogP contribution is -2.15. The Bertz CT molecular complexity index is 182. The molecule has 0 aromatic rings. The van der Waals surface area contributed by atoms with Crippen LogP contribution >= 0.6 is 30.1 Å². The molecular weight excluding hydrogens is 277 g/mol. The molecule has 0 fully saturated rings. The molecule has 6 heteroatoms. The molecule has 1 aliphatic rings. The lowest BCUT2D eigenvalue weighted by molar-refractivity contribution is -0.334. The molecular formula is C4H3F2IO2S. The zero-order chi connectivity index (χ0) is 7.78. The summed E-state index contributed by atoms with van der Waals surface area (Å²) in [7, 11) is 1.07. The molecule has 1 aliphatic heterocycles. The summed E-state index contributed by atoms with van der Waals surface area (Å²) < 4.78 is 32.4. The Balaban J connectivity index is 2.68. The molecule has 0 saturated heterocycles. The summed E-state index contributed by atoms with van der Waals surface area (Å²) in [6.45, 7) is 1.43. The van der Waals surface area contributed by atoms with Crippen molar-refractivity contribution in [1.82, 2.24) is 0 Å². The number of halogens is 3. The highest BCUT2D eigenvalue weighted by atomic mass is 127. The Labute approximate surface area is 72.5 Å². The van der Waals surface area contributed by atoms with E-state index in [0.29, 0.717) is 0 Å². The van der Waals surface area contributed by atoms with Gasteiger partial charge < -0.3 is 9.47 Å². The summed E-state index contributed by atoms with van der Waals surface area (Å²) in [5.74, 6) is 0.129. The number of rotatable bonds is 1. The van der Waals surface area contributed by atoms with Crippen molar-refractivity contribution in [2.75, 3.05) is 0 Å². The molecule has 0 spiro atoms. The molecule has 0 radical (unpaired) electrons. The smallest absolute Gasteiger partial charge is 0.400 e. The molecule has 0 saturated carbocycles. The van der Waals surface area contributed by atoms with Crippen LogP contribution in [0.3, 0.4) is 0 Å². The van der Waals surface area contributed by atoms with Crippen LogP contribution in [0.1, 0.15) is 6.92 Å². The van der Waals surface area contributed by atoms with Gasteiger partial charge in [0.1, 0.15) is 0 Å². The van der Waals surface area contributed by atoms with E-state index in [2.05, 4.69) is 9.47 Å². The average molecular weight is 280 g/mol. The maximum Gasteiger partial charge on any atom is 0.586 e. The highest BCUT2D eigenvalue weighted by Gasteiger charge is 2.43. The minimum Gasteiger partial charge on any atom is -0.400 e. The molecule has 1 heterocycles. The van der Waals surface area contributed by atoms with Crippen LogP contribution in [0.15, 0.2) is 10.9 Å². The third kappa shape index (κ3) is 1.66. The second-order valence-electron chi connectivity index (χ2n) is 1.59. The van der Waals surface area contributed by atoms with E-state index < -0.39 is 6.29 Å². The fourth-order valence-electron chi connectivity index (χ4n) is 0.491. The van der Waals surface area contributed by atoms with Gasteiger partial charge in [0.05, 0.1) is 0 Å². The number of hydrogen-bond donors (Lipinski definition) is 0. The van der Waals surface area contributed by atoms with Crippen molar-refractivity contribution < 1.29 is 18.3 Å². The number of hydrogen-bond acceptors (Lipinski definition) is 3. The van der Waals surface area contributed by atoms with Gasteiger partial charge in [0, 0.05) is 21.2 Å². The first kappa shape index (κ1) is 8.38. The van der Waals surface area contributed by atoms with Gasteiger partial charge in [0.25, 0.3) is 0 Å². The normalized spacial score (nSPS) is 22.4. The Morgan fingerprint density at radius 1 is 1.50 bits per heavy atom. The van der Waals surface area contributed by atoms with Crippen LogP contribution in [0.25, 0.3) is 0 Å². The molecule has 0 bridgehead atoms. The SMILES string of the molecule is CC1=C(SI)OC(F)(F)O1. The van der Waals surface area contributed by atoms with Crippen LogP contribution in [-0.4, -0.2) is 6.29 Å². The third-order valence-electron chi connectivity index (χ3n) is 0.841. The lowest BCUT2D eigenvalue weighted by atomic mass is 10.6. The monoisotopic (exact) mass is 280 g/mol. The quantitative estimate of drug-likeness (QED) is 0.688. The number of alkyl halides is 2. The number of allylic oxidation sites excluding steroid dienone is 1. The van der Waals surface area contributed by atoms with Crippen molar-refractivity contribution in [1.29, 1.82) is 0 Å². The molecule has 58 valence electrons. The predicted octanol–water partition coefficient (Wildman–Crippen LogP) is 2.86. The topological polar surface area (TPSA) is 18.5 Å². The highest BCUT2D eigenvalue weighted by Crippen LogP contribution is 2.40. The van der Waals surface area contributed by atoms with Gasteiger partial charge in [-0.1, -0.05) is 0 Å². The van der Waals surface area contributed by atoms with Crippen LogP contribution in [0.5, 0.6) is 0 Å². The summed E-state index contributed by atoms with van der Waals surface area (Å²) in [5, 5.41) is 0.130. The summed E-state index contributed by atoms with van der Waals surface area (Å²) in [6, 6.07) is 0. The average Bonchev–Trinajstić information content (AvgIpc) is 2.05. The molecule has 0 aromatic carbocycles. The van der Waals surface area contributed by atoms with Gasteiger partial charge >= 0.3 is 6.29 Å². The Hall–Kier alpha value is 0.280. The second kappa shape index (κ2) is 2.72. The molecule has 2 nitrogen and oxygen atoms in total. The zero-order valence-corrected chi connectivity index (χ0v) is 7.83. The molecule has 0 aromatic heterocycles. The van der Waals surface area contributed by atoms with Crippen molar-refractivity contribution >= 4 is 30.1 Å². The largest absolute Gasteiger partial charge is 0.586 e. The van der Waals surface area contributed by atoms with Crippen molar-refractivity contribution in [3.63, 3.8) is 0 Å². The van der Waals surface area contributed by atoms with Crippen LogP contribution in [-0.2, 0) is 9.47 Å². The zero-order valence-electron chi connectivity index (χ0n) is 4.86. The fourth-order valence-corrected chi connectivity index (χ4v) is 1.97. The van der Waals surface area contributed by atoms with E-state index in [0.717, 1.165) is 8.93 Å². The Morgan fingerprint density at radius 3 is 2.30 bits per heavy atom. The van der Waals surface area contributed by atoms with Gasteiger partial charge in [0.2, 0.25) is 5.09 Å². The number of ether oxygens (including phenoxy) is 2. The third-order valence-corrected chi connectivity index (χ3v) is 2.55. The van der Waals surface area contributed by atoms with Crippen LogP contribution in [0, 0.1) is 0 Å². The molecule has 0 unspecified atom stereocenters. The van der Waals surface area contributed by atoms with E-state index in [4.69, 9.17) is 0 Å². The van der Waals surface area contributed by atoms with E-state index in [1.54, 1.807) is 0 Å². The predicted molar refractivity (Wildman–Crippen MR) is 41.4 cm³/mol.